The van der Waals surface area contributed by atoms with Gasteiger partial charge in [-0.1, -0.05) is 43.2 Å². The molecule has 0 bridgehead atoms. The molecule has 2 aromatic rings. The number of aromatic nitrogens is 2. The SMILES string of the molecule is O=C(Nc1cnccn1)C(CCOC(=O)C(O)(c1ccccc1)C1CCCC1)[C@H]1CCCN1. The number of nitrogens with one attached hydrogen (secondary N) is 2. The maximum Gasteiger partial charge on any atom is 0.343 e. The molecule has 1 saturated heterocycles. The van der Waals surface area contributed by atoms with Gasteiger partial charge in [0.15, 0.2) is 11.4 Å². The molecule has 8 heteroatoms. The van der Waals surface area contributed by atoms with Crippen LogP contribution in [-0.2, 0) is 19.9 Å². The van der Waals surface area contributed by atoms with E-state index in [0.717, 1.165) is 45.1 Å². The maximum absolute atomic E-state index is 13.2. The van der Waals surface area contributed by atoms with Crippen LogP contribution in [0.3, 0.4) is 0 Å². The summed E-state index contributed by atoms with van der Waals surface area (Å²) in [4.78, 5) is 34.3. The largest absolute Gasteiger partial charge is 0.463 e. The number of anilines is 1. The summed E-state index contributed by atoms with van der Waals surface area (Å²) >= 11 is 0. The first-order valence-electron chi connectivity index (χ1n) is 11.8. The van der Waals surface area contributed by atoms with Gasteiger partial charge in [0.25, 0.3) is 0 Å². The lowest BCUT2D eigenvalue weighted by atomic mass is 9.80. The topological polar surface area (TPSA) is 113 Å². The van der Waals surface area contributed by atoms with E-state index in [4.69, 9.17) is 4.74 Å². The summed E-state index contributed by atoms with van der Waals surface area (Å²) in [5.74, 6) is -0.978. The Hall–Kier alpha value is -2.84. The van der Waals surface area contributed by atoms with Crippen LogP contribution in [0, 0.1) is 11.8 Å². The first-order chi connectivity index (χ1) is 16.1. The van der Waals surface area contributed by atoms with Crippen molar-refractivity contribution in [2.24, 2.45) is 11.8 Å². The molecule has 2 unspecified atom stereocenters. The molecule has 176 valence electrons. The number of amides is 1. The summed E-state index contributed by atoms with van der Waals surface area (Å²) in [6, 6.07) is 9.06. The number of nitrogens with zero attached hydrogens (tertiary/aromatic N) is 2. The van der Waals surface area contributed by atoms with Crippen LogP contribution < -0.4 is 10.6 Å². The van der Waals surface area contributed by atoms with Crippen molar-refractivity contribution in [1.82, 2.24) is 15.3 Å². The van der Waals surface area contributed by atoms with Gasteiger partial charge in [-0.3, -0.25) is 9.78 Å². The number of esters is 1. The van der Waals surface area contributed by atoms with Crippen molar-refractivity contribution in [3.05, 3.63) is 54.5 Å². The van der Waals surface area contributed by atoms with Gasteiger partial charge >= 0.3 is 5.97 Å². The van der Waals surface area contributed by atoms with Gasteiger partial charge in [-0.05, 0) is 44.2 Å². The molecule has 0 radical (unpaired) electrons. The first-order valence-corrected chi connectivity index (χ1v) is 11.8. The lowest BCUT2D eigenvalue weighted by Gasteiger charge is -2.32. The number of carbonyl (C=O) groups excluding carboxylic acids is 2. The minimum atomic E-state index is -1.67. The van der Waals surface area contributed by atoms with Crippen LogP contribution in [-0.4, -0.2) is 46.1 Å². The van der Waals surface area contributed by atoms with E-state index in [1.807, 2.05) is 18.2 Å². The van der Waals surface area contributed by atoms with E-state index in [9.17, 15) is 14.7 Å². The highest BCUT2D eigenvalue weighted by atomic mass is 16.5. The number of hydrogen-bond donors (Lipinski definition) is 3. The number of rotatable bonds is 9. The Morgan fingerprint density at radius 2 is 1.94 bits per heavy atom. The van der Waals surface area contributed by atoms with Crippen molar-refractivity contribution in [1.29, 1.82) is 0 Å². The average Bonchev–Trinajstić information content (AvgIpc) is 3.57. The number of benzene rings is 1. The fourth-order valence-corrected chi connectivity index (χ4v) is 5.10. The molecular weight excluding hydrogens is 420 g/mol. The molecule has 1 aliphatic carbocycles. The maximum atomic E-state index is 13.2. The number of hydrogen-bond acceptors (Lipinski definition) is 7. The Labute approximate surface area is 194 Å². The molecule has 1 aliphatic heterocycles. The molecule has 1 aromatic heterocycles. The molecule has 1 amide bonds. The smallest absolute Gasteiger partial charge is 0.343 e. The monoisotopic (exact) mass is 452 g/mol. The van der Waals surface area contributed by atoms with Gasteiger partial charge in [-0.25, -0.2) is 9.78 Å². The van der Waals surface area contributed by atoms with Crippen LogP contribution in [0.2, 0.25) is 0 Å². The molecule has 4 rings (SSSR count). The second-order valence-corrected chi connectivity index (χ2v) is 8.93. The first kappa shape index (κ1) is 23.3. The summed E-state index contributed by atoms with van der Waals surface area (Å²) in [7, 11) is 0. The second kappa shape index (κ2) is 10.9. The third-order valence-corrected chi connectivity index (χ3v) is 6.87. The Morgan fingerprint density at radius 3 is 2.61 bits per heavy atom. The molecule has 3 atom stereocenters. The fraction of sp³-hybridized carbons (Fsp3) is 0.520. The number of ether oxygens (including phenoxy) is 1. The predicted octanol–water partition coefficient (Wildman–Crippen LogP) is 2.79. The molecule has 2 heterocycles. The van der Waals surface area contributed by atoms with Crippen LogP contribution in [0.1, 0.15) is 50.5 Å². The highest BCUT2D eigenvalue weighted by Gasteiger charge is 2.48. The summed E-state index contributed by atoms with van der Waals surface area (Å²) in [5.41, 5.74) is -1.10. The molecule has 1 saturated carbocycles. The fourth-order valence-electron chi connectivity index (χ4n) is 5.10. The molecule has 0 spiro atoms. The third kappa shape index (κ3) is 5.39. The highest BCUT2D eigenvalue weighted by Crippen LogP contribution is 2.41. The number of aliphatic hydroxyl groups is 1. The average molecular weight is 453 g/mol. The summed E-state index contributed by atoms with van der Waals surface area (Å²) in [5, 5.41) is 17.7. The Bertz CT molecular complexity index is 915. The van der Waals surface area contributed by atoms with E-state index < -0.39 is 17.5 Å². The lowest BCUT2D eigenvalue weighted by molar-refractivity contribution is -0.174. The molecule has 1 aromatic carbocycles. The molecule has 3 N–H and O–H groups in total. The van der Waals surface area contributed by atoms with Gasteiger partial charge in [-0.15, -0.1) is 0 Å². The quantitative estimate of drug-likeness (QED) is 0.501. The molecule has 33 heavy (non-hydrogen) atoms. The summed E-state index contributed by atoms with van der Waals surface area (Å²) in [6.45, 7) is 0.909. The summed E-state index contributed by atoms with van der Waals surface area (Å²) in [6.07, 6.45) is 10.3. The zero-order chi connectivity index (χ0) is 23.1. The standard InChI is InChI=1S/C25H32N4O4/c30-23(29-22-17-26-14-15-28-22)20(21-11-6-13-27-21)12-16-33-24(31)25(32,19-9-4-5-10-19)18-7-2-1-3-8-18/h1-3,7-8,14-15,17,19-21,27,32H,4-6,9-13,16H2,(H,28,29,30)/t20?,21-,25?/m1/s1. The van der Waals surface area contributed by atoms with Gasteiger partial charge in [0, 0.05) is 24.4 Å². The van der Waals surface area contributed by atoms with Crippen molar-refractivity contribution < 1.29 is 19.4 Å². The zero-order valence-corrected chi connectivity index (χ0v) is 18.8. The van der Waals surface area contributed by atoms with E-state index in [0.29, 0.717) is 17.8 Å². The van der Waals surface area contributed by atoms with Crippen molar-refractivity contribution >= 4 is 17.7 Å². The molecule has 2 fully saturated rings. The van der Waals surface area contributed by atoms with Crippen LogP contribution in [0.15, 0.2) is 48.9 Å². The Morgan fingerprint density at radius 1 is 1.15 bits per heavy atom. The van der Waals surface area contributed by atoms with Gasteiger partial charge in [0.1, 0.15) is 0 Å². The van der Waals surface area contributed by atoms with Crippen LogP contribution in [0.4, 0.5) is 5.82 Å². The lowest BCUT2D eigenvalue weighted by Crippen LogP contribution is -2.44. The highest BCUT2D eigenvalue weighted by molar-refractivity contribution is 5.92. The van der Waals surface area contributed by atoms with E-state index in [1.165, 1.54) is 12.4 Å². The minimum absolute atomic E-state index is 0.00297. The van der Waals surface area contributed by atoms with E-state index >= 15 is 0 Å². The van der Waals surface area contributed by atoms with Crippen molar-refractivity contribution in [2.75, 3.05) is 18.5 Å². The van der Waals surface area contributed by atoms with Crippen molar-refractivity contribution in [3.63, 3.8) is 0 Å². The Balaban J connectivity index is 1.43. The third-order valence-electron chi connectivity index (χ3n) is 6.87. The van der Waals surface area contributed by atoms with E-state index in [-0.39, 0.29) is 24.5 Å². The van der Waals surface area contributed by atoms with Crippen LogP contribution in [0.25, 0.3) is 0 Å². The second-order valence-electron chi connectivity index (χ2n) is 8.93. The minimum Gasteiger partial charge on any atom is -0.463 e. The zero-order valence-electron chi connectivity index (χ0n) is 18.8. The van der Waals surface area contributed by atoms with Crippen LogP contribution >= 0.6 is 0 Å². The van der Waals surface area contributed by atoms with Crippen LogP contribution in [0.5, 0.6) is 0 Å². The van der Waals surface area contributed by atoms with Gasteiger partial charge < -0.3 is 20.5 Å². The molecule has 2 aliphatic rings. The Kier molecular flexibility index (Phi) is 7.67. The summed E-state index contributed by atoms with van der Waals surface area (Å²) < 4.78 is 5.64. The van der Waals surface area contributed by atoms with Crippen molar-refractivity contribution in [2.45, 2.75) is 56.6 Å². The van der Waals surface area contributed by atoms with E-state index in [1.54, 1.807) is 18.3 Å². The van der Waals surface area contributed by atoms with E-state index in [2.05, 4.69) is 20.6 Å². The normalized spacial score (nSPS) is 21.3. The van der Waals surface area contributed by atoms with Gasteiger partial charge in [0.05, 0.1) is 18.7 Å². The number of carbonyl (C=O) groups is 2. The molecular formula is C25H32N4O4. The molecule has 8 nitrogen and oxygen atoms in total. The van der Waals surface area contributed by atoms with Gasteiger partial charge in [-0.2, -0.15) is 0 Å². The van der Waals surface area contributed by atoms with Crippen molar-refractivity contribution in [3.8, 4) is 0 Å². The predicted molar refractivity (Wildman–Crippen MR) is 123 cm³/mol. The van der Waals surface area contributed by atoms with Gasteiger partial charge in [0.2, 0.25) is 5.91 Å².